The van der Waals surface area contributed by atoms with E-state index in [4.69, 9.17) is 4.74 Å². The van der Waals surface area contributed by atoms with Gasteiger partial charge in [0.05, 0.1) is 4.92 Å². The quantitative estimate of drug-likeness (QED) is 0.547. The lowest BCUT2D eigenvalue weighted by molar-refractivity contribution is -0.386. The fourth-order valence-corrected chi connectivity index (χ4v) is 3.69. The lowest BCUT2D eigenvalue weighted by atomic mass is 9.87. The van der Waals surface area contributed by atoms with Gasteiger partial charge in [-0.05, 0) is 55.0 Å². The minimum Gasteiger partial charge on any atom is -0.433 e. The number of hydrogen-bond donors (Lipinski definition) is 0. The number of benzene rings is 1. The molecule has 6 heteroatoms. The number of rotatable bonds is 5. The summed E-state index contributed by atoms with van der Waals surface area (Å²) in [5.74, 6) is 1.09. The van der Waals surface area contributed by atoms with Gasteiger partial charge in [0.2, 0.25) is 0 Å². The molecule has 3 rings (SSSR count). The van der Waals surface area contributed by atoms with Crippen LogP contribution in [0.1, 0.15) is 45.1 Å². The molecular formula is C21H27N3O3. The summed E-state index contributed by atoms with van der Waals surface area (Å²) in [6.45, 7) is 10.0. The maximum atomic E-state index is 11.2. The maximum absolute atomic E-state index is 11.2. The van der Waals surface area contributed by atoms with Gasteiger partial charge >= 0.3 is 5.69 Å². The summed E-state index contributed by atoms with van der Waals surface area (Å²) in [5.41, 5.74) is 1.28. The molecule has 2 heterocycles. The molecule has 144 valence electrons. The molecule has 1 saturated heterocycles. The van der Waals surface area contributed by atoms with Crippen LogP contribution in [0, 0.1) is 15.5 Å². The molecule has 0 saturated carbocycles. The van der Waals surface area contributed by atoms with Gasteiger partial charge in [0, 0.05) is 18.8 Å². The average molecular weight is 369 g/mol. The third-order valence-corrected chi connectivity index (χ3v) is 4.80. The third-order valence-electron chi connectivity index (χ3n) is 4.80. The van der Waals surface area contributed by atoms with Crippen LogP contribution in [0.3, 0.4) is 0 Å². The van der Waals surface area contributed by atoms with Crippen LogP contribution >= 0.6 is 0 Å². The van der Waals surface area contributed by atoms with Gasteiger partial charge in [0.1, 0.15) is 5.75 Å². The van der Waals surface area contributed by atoms with Gasteiger partial charge in [0.15, 0.2) is 0 Å². The summed E-state index contributed by atoms with van der Waals surface area (Å²) < 4.78 is 5.90. The maximum Gasteiger partial charge on any atom is 0.331 e. The topological polar surface area (TPSA) is 68.5 Å². The van der Waals surface area contributed by atoms with Gasteiger partial charge in [-0.1, -0.05) is 39.0 Å². The predicted octanol–water partition coefficient (Wildman–Crippen LogP) is 5.01. The molecular weight excluding hydrogens is 342 g/mol. The van der Waals surface area contributed by atoms with E-state index in [0.29, 0.717) is 17.1 Å². The number of para-hydroxylation sites is 1. The fraction of sp³-hybridized carbons (Fsp3) is 0.476. The molecule has 1 aromatic carbocycles. The minimum absolute atomic E-state index is 0.0418. The van der Waals surface area contributed by atoms with Crippen molar-refractivity contribution in [3.05, 3.63) is 58.3 Å². The van der Waals surface area contributed by atoms with E-state index < -0.39 is 4.92 Å². The number of aromatic nitrogens is 1. The van der Waals surface area contributed by atoms with Gasteiger partial charge in [0.25, 0.3) is 5.88 Å². The number of hydrogen-bond acceptors (Lipinski definition) is 5. The van der Waals surface area contributed by atoms with Crippen molar-refractivity contribution < 1.29 is 9.66 Å². The fourth-order valence-electron chi connectivity index (χ4n) is 3.69. The zero-order valence-electron chi connectivity index (χ0n) is 16.2. The molecule has 0 amide bonds. The molecule has 1 aliphatic heterocycles. The van der Waals surface area contributed by atoms with Crippen molar-refractivity contribution in [1.82, 2.24) is 9.88 Å². The van der Waals surface area contributed by atoms with Crippen LogP contribution in [-0.4, -0.2) is 34.4 Å². The average Bonchev–Trinajstić information content (AvgIpc) is 2.62. The molecule has 0 bridgehead atoms. The summed E-state index contributed by atoms with van der Waals surface area (Å²) in [5, 5.41) is 11.2. The van der Waals surface area contributed by atoms with Gasteiger partial charge < -0.3 is 9.64 Å². The van der Waals surface area contributed by atoms with Crippen molar-refractivity contribution in [3.8, 4) is 11.6 Å². The Bertz CT molecular complexity index is 793. The first-order valence-electron chi connectivity index (χ1n) is 9.42. The van der Waals surface area contributed by atoms with Crippen LogP contribution in [0.2, 0.25) is 0 Å². The van der Waals surface area contributed by atoms with Gasteiger partial charge in [-0.3, -0.25) is 10.1 Å². The molecule has 27 heavy (non-hydrogen) atoms. The first-order valence-corrected chi connectivity index (χ1v) is 9.42. The molecule has 0 unspecified atom stereocenters. The van der Waals surface area contributed by atoms with Crippen LogP contribution in [0.15, 0.2) is 42.6 Å². The number of nitrogens with zero attached hydrogens (tertiary/aromatic N) is 3. The Morgan fingerprint density at radius 3 is 2.56 bits per heavy atom. The van der Waals surface area contributed by atoms with E-state index in [9.17, 15) is 10.1 Å². The third kappa shape index (κ3) is 5.04. The van der Waals surface area contributed by atoms with Crippen molar-refractivity contribution >= 4 is 5.69 Å². The van der Waals surface area contributed by atoms with E-state index in [-0.39, 0.29) is 11.6 Å². The van der Waals surface area contributed by atoms with Crippen molar-refractivity contribution in [3.63, 3.8) is 0 Å². The van der Waals surface area contributed by atoms with E-state index in [2.05, 4.69) is 36.7 Å². The standard InChI is InChI=1S/C21H27N3O3/c1-21(2,3)15-23-13-10-16(11-14-23)17-7-4-5-9-19(17)27-20-18(24(25)26)8-6-12-22-20/h4-9,12,16H,10-11,13-15H2,1-3H3. The van der Waals surface area contributed by atoms with Crippen LogP contribution in [0.25, 0.3) is 0 Å². The zero-order chi connectivity index (χ0) is 19.4. The second kappa shape index (κ2) is 8.05. The number of pyridine rings is 1. The van der Waals surface area contributed by atoms with Crippen molar-refractivity contribution in [2.75, 3.05) is 19.6 Å². The number of likely N-dealkylation sites (tertiary alicyclic amines) is 1. The van der Waals surface area contributed by atoms with E-state index >= 15 is 0 Å². The first-order chi connectivity index (χ1) is 12.8. The van der Waals surface area contributed by atoms with Crippen molar-refractivity contribution in [1.29, 1.82) is 0 Å². The Balaban J connectivity index is 1.75. The molecule has 6 nitrogen and oxygen atoms in total. The van der Waals surface area contributed by atoms with Gasteiger partial charge in [-0.25, -0.2) is 4.98 Å². The lowest BCUT2D eigenvalue weighted by Gasteiger charge is -2.36. The summed E-state index contributed by atoms with van der Waals surface area (Å²) in [6.07, 6.45) is 3.62. The highest BCUT2D eigenvalue weighted by Gasteiger charge is 2.26. The van der Waals surface area contributed by atoms with E-state index in [1.807, 2.05) is 18.2 Å². The van der Waals surface area contributed by atoms with Gasteiger partial charge in [-0.2, -0.15) is 0 Å². The number of nitro groups is 1. The van der Waals surface area contributed by atoms with Crippen LogP contribution in [0.5, 0.6) is 11.6 Å². The monoisotopic (exact) mass is 369 g/mol. The van der Waals surface area contributed by atoms with Gasteiger partial charge in [-0.15, -0.1) is 0 Å². The van der Waals surface area contributed by atoms with Crippen molar-refractivity contribution in [2.24, 2.45) is 5.41 Å². The van der Waals surface area contributed by atoms with Crippen molar-refractivity contribution in [2.45, 2.75) is 39.5 Å². The largest absolute Gasteiger partial charge is 0.433 e. The first kappa shape index (κ1) is 19.3. The highest BCUT2D eigenvalue weighted by atomic mass is 16.6. The SMILES string of the molecule is CC(C)(C)CN1CCC(c2ccccc2Oc2ncccc2[N+](=O)[O-])CC1. The number of piperidine rings is 1. The van der Waals surface area contributed by atoms with E-state index in [0.717, 1.165) is 38.0 Å². The summed E-state index contributed by atoms with van der Waals surface area (Å²) in [4.78, 5) is 17.3. The van der Waals surface area contributed by atoms with E-state index in [1.165, 1.54) is 12.3 Å². The second-order valence-corrected chi connectivity index (χ2v) is 8.34. The molecule has 2 aromatic rings. The molecule has 0 atom stereocenters. The molecule has 0 N–H and O–H groups in total. The summed E-state index contributed by atoms with van der Waals surface area (Å²) in [7, 11) is 0. The zero-order valence-corrected chi connectivity index (χ0v) is 16.2. The normalized spacial score (nSPS) is 16.3. The minimum atomic E-state index is -0.462. The molecule has 1 aliphatic rings. The Labute approximate surface area is 160 Å². The summed E-state index contributed by atoms with van der Waals surface area (Å²) in [6, 6.07) is 10.8. The molecule has 1 fully saturated rings. The van der Waals surface area contributed by atoms with Crippen LogP contribution in [0.4, 0.5) is 5.69 Å². The Morgan fingerprint density at radius 1 is 1.19 bits per heavy atom. The highest BCUT2D eigenvalue weighted by Crippen LogP contribution is 2.38. The smallest absolute Gasteiger partial charge is 0.331 e. The second-order valence-electron chi connectivity index (χ2n) is 8.34. The highest BCUT2D eigenvalue weighted by molar-refractivity contribution is 5.45. The molecule has 0 spiro atoms. The molecule has 0 radical (unpaired) electrons. The van der Waals surface area contributed by atoms with Crippen LogP contribution < -0.4 is 4.74 Å². The lowest BCUT2D eigenvalue weighted by Crippen LogP contribution is -2.38. The summed E-state index contributed by atoms with van der Waals surface area (Å²) >= 11 is 0. The molecule has 1 aromatic heterocycles. The predicted molar refractivity (Wildman–Crippen MR) is 105 cm³/mol. The molecule has 0 aliphatic carbocycles. The van der Waals surface area contributed by atoms with E-state index in [1.54, 1.807) is 6.07 Å². The Hall–Kier alpha value is -2.47. The van der Waals surface area contributed by atoms with Crippen LogP contribution in [-0.2, 0) is 0 Å². The number of ether oxygens (including phenoxy) is 1. The Kier molecular flexibility index (Phi) is 5.75. The Morgan fingerprint density at radius 2 is 1.89 bits per heavy atom.